The van der Waals surface area contributed by atoms with E-state index in [0.717, 1.165) is 93.9 Å². The first-order chi connectivity index (χ1) is 22.7. The zero-order valence-electron chi connectivity index (χ0n) is 27.1. The highest BCUT2D eigenvalue weighted by molar-refractivity contribution is 6.11. The molecule has 0 fully saturated rings. The highest BCUT2D eigenvalue weighted by atomic mass is 15.0. The van der Waals surface area contributed by atoms with Gasteiger partial charge in [-0.1, -0.05) is 54.6 Å². The Morgan fingerprint density at radius 2 is 0.787 bits per heavy atom. The average molecular weight is 605 g/mol. The normalized spacial score (nSPS) is 11.5. The van der Waals surface area contributed by atoms with Crippen molar-refractivity contribution in [1.82, 2.24) is 9.13 Å². The quantitative estimate of drug-likeness (QED) is 0.201. The van der Waals surface area contributed by atoms with E-state index in [-0.39, 0.29) is 0 Å². The van der Waals surface area contributed by atoms with Crippen LogP contribution >= 0.6 is 0 Å². The molecular weight excluding hydrogens is 573 g/mol. The molecule has 0 aliphatic heterocycles. The van der Waals surface area contributed by atoms with Crippen LogP contribution in [0.25, 0.3) is 66.1 Å². The van der Waals surface area contributed by atoms with Crippen LogP contribution in [0, 0.1) is 57.3 Å². The van der Waals surface area contributed by atoms with Crippen molar-refractivity contribution in [2.75, 3.05) is 0 Å². The molecule has 8 rings (SSSR count). The van der Waals surface area contributed by atoms with Crippen LogP contribution in [0.4, 0.5) is 0 Å². The molecule has 0 saturated carbocycles. The molecule has 0 spiro atoms. The molecule has 0 amide bonds. The van der Waals surface area contributed by atoms with Crippen LogP contribution in [0.15, 0.2) is 103 Å². The third-order valence-corrected chi connectivity index (χ3v) is 9.39. The Bertz CT molecular complexity index is 2440. The molecule has 224 valence electrons. The van der Waals surface area contributed by atoms with Gasteiger partial charge in [-0.3, -0.25) is 0 Å². The van der Waals surface area contributed by atoms with Crippen LogP contribution in [-0.2, 0) is 0 Å². The van der Waals surface area contributed by atoms with Crippen LogP contribution in [0.3, 0.4) is 0 Å². The fourth-order valence-corrected chi connectivity index (χ4v) is 7.26. The summed E-state index contributed by atoms with van der Waals surface area (Å²) in [7, 11) is 0. The number of aryl methyl sites for hydroxylation is 5. The first-order valence-electron chi connectivity index (χ1n) is 15.9. The van der Waals surface area contributed by atoms with Gasteiger partial charge in [0, 0.05) is 21.5 Å². The molecule has 0 unspecified atom stereocenters. The van der Waals surface area contributed by atoms with Gasteiger partial charge in [0.2, 0.25) is 0 Å². The van der Waals surface area contributed by atoms with Gasteiger partial charge < -0.3 is 9.13 Å². The summed E-state index contributed by atoms with van der Waals surface area (Å²) >= 11 is 0. The van der Waals surface area contributed by atoms with Crippen LogP contribution in [0.5, 0.6) is 0 Å². The Morgan fingerprint density at radius 1 is 0.404 bits per heavy atom. The molecule has 0 aliphatic carbocycles. The van der Waals surface area contributed by atoms with Crippen molar-refractivity contribution in [2.45, 2.75) is 34.6 Å². The fourth-order valence-electron chi connectivity index (χ4n) is 7.26. The van der Waals surface area contributed by atoms with Gasteiger partial charge in [-0.2, -0.15) is 10.5 Å². The molecule has 0 N–H and O–H groups in total. The summed E-state index contributed by atoms with van der Waals surface area (Å²) in [4.78, 5) is 0. The maximum Gasteiger partial charge on any atom is 0.104 e. The number of fused-ring (bicyclic) bond motifs is 6. The first kappa shape index (κ1) is 28.4. The van der Waals surface area contributed by atoms with Crippen LogP contribution in [-0.4, -0.2) is 9.13 Å². The standard InChI is InChI=1S/C43H32N4/c1-25-6-10-33-34-11-7-26(2)17-39(34)46(38(33)16-25)42-21-32(31-15-29(5)14-30(20-31)23-44)22-43(37(42)24-45)47-40-18-27(3)8-12-35(40)36-13-9-28(4)19-41(36)47/h6-22H,1-5H3. The predicted molar refractivity (Wildman–Crippen MR) is 194 cm³/mol. The average Bonchev–Trinajstić information content (AvgIpc) is 3.53. The van der Waals surface area contributed by atoms with Crippen LogP contribution in [0.1, 0.15) is 38.9 Å². The summed E-state index contributed by atoms with van der Waals surface area (Å²) in [5.74, 6) is 0. The molecule has 2 heterocycles. The Kier molecular flexibility index (Phi) is 6.33. The monoisotopic (exact) mass is 604 g/mol. The van der Waals surface area contributed by atoms with E-state index in [1.165, 1.54) is 0 Å². The van der Waals surface area contributed by atoms with Crippen LogP contribution < -0.4 is 0 Å². The zero-order chi connectivity index (χ0) is 32.6. The third-order valence-electron chi connectivity index (χ3n) is 9.39. The van der Waals surface area contributed by atoms with Crippen LogP contribution in [0.2, 0.25) is 0 Å². The number of hydrogen-bond donors (Lipinski definition) is 0. The van der Waals surface area contributed by atoms with Gasteiger partial charge in [0.25, 0.3) is 0 Å². The Balaban J connectivity index is 1.60. The van der Waals surface area contributed by atoms with Crippen molar-refractivity contribution in [3.8, 4) is 34.6 Å². The lowest BCUT2D eigenvalue weighted by Gasteiger charge is -2.19. The molecule has 8 aromatic rings. The maximum absolute atomic E-state index is 11.2. The van der Waals surface area contributed by atoms with Crippen molar-refractivity contribution in [3.63, 3.8) is 0 Å². The topological polar surface area (TPSA) is 57.4 Å². The molecule has 0 radical (unpaired) electrons. The molecular formula is C43H32N4. The smallest absolute Gasteiger partial charge is 0.104 e. The van der Waals surface area contributed by atoms with Gasteiger partial charge in [-0.25, -0.2) is 0 Å². The summed E-state index contributed by atoms with van der Waals surface area (Å²) < 4.78 is 4.53. The van der Waals surface area contributed by atoms with E-state index in [4.69, 9.17) is 0 Å². The van der Waals surface area contributed by atoms with E-state index in [9.17, 15) is 10.5 Å². The molecule has 4 heteroatoms. The van der Waals surface area contributed by atoms with E-state index in [2.05, 4.69) is 140 Å². The predicted octanol–water partition coefficient (Wildman–Crippen LogP) is 10.8. The molecule has 6 aromatic carbocycles. The lowest BCUT2D eigenvalue weighted by molar-refractivity contribution is 1.11. The Labute approximate surface area is 274 Å². The Morgan fingerprint density at radius 3 is 1.15 bits per heavy atom. The van der Waals surface area contributed by atoms with Crippen molar-refractivity contribution >= 4 is 43.6 Å². The van der Waals surface area contributed by atoms with E-state index in [0.29, 0.717) is 11.1 Å². The van der Waals surface area contributed by atoms with Gasteiger partial charge in [0.05, 0.1) is 45.1 Å². The van der Waals surface area contributed by atoms with Gasteiger partial charge in [0.15, 0.2) is 0 Å². The number of benzene rings is 6. The first-order valence-corrected chi connectivity index (χ1v) is 15.9. The Hall–Kier alpha value is -6.10. The summed E-state index contributed by atoms with van der Waals surface area (Å²) in [6, 6.07) is 41.5. The molecule has 0 bridgehead atoms. The molecule has 0 aliphatic rings. The maximum atomic E-state index is 11.2. The number of nitriles is 2. The minimum Gasteiger partial charge on any atom is -0.308 e. The summed E-state index contributed by atoms with van der Waals surface area (Å²) in [6.45, 7) is 10.5. The third kappa shape index (κ3) is 4.42. The van der Waals surface area contributed by atoms with E-state index < -0.39 is 0 Å². The van der Waals surface area contributed by atoms with Gasteiger partial charge in [-0.05, 0) is 122 Å². The fraction of sp³-hybridized carbons (Fsp3) is 0.116. The minimum atomic E-state index is 0.588. The molecule has 2 aromatic heterocycles. The summed E-state index contributed by atoms with van der Waals surface area (Å²) in [5.41, 5.74) is 14.6. The molecule has 0 saturated heterocycles. The van der Waals surface area contributed by atoms with Gasteiger partial charge >= 0.3 is 0 Å². The largest absolute Gasteiger partial charge is 0.308 e. The second-order valence-electron chi connectivity index (χ2n) is 13.0. The van der Waals surface area contributed by atoms with E-state index >= 15 is 0 Å². The van der Waals surface area contributed by atoms with Crippen molar-refractivity contribution in [1.29, 1.82) is 10.5 Å². The lowest BCUT2D eigenvalue weighted by atomic mass is 9.97. The summed E-state index contributed by atoms with van der Waals surface area (Å²) in [6.07, 6.45) is 0. The van der Waals surface area contributed by atoms with Crippen molar-refractivity contribution in [3.05, 3.63) is 142 Å². The molecule has 0 atom stereocenters. The number of hydrogen-bond acceptors (Lipinski definition) is 2. The SMILES string of the molecule is Cc1cc(C#N)cc(-c2cc(-n3c4cc(C)ccc4c4ccc(C)cc43)c(C#N)c(-n3c4cc(C)ccc4c4ccc(C)cc43)c2)c1. The number of aromatic nitrogens is 2. The highest BCUT2D eigenvalue weighted by Crippen LogP contribution is 2.41. The molecule has 4 nitrogen and oxygen atoms in total. The van der Waals surface area contributed by atoms with Crippen molar-refractivity contribution < 1.29 is 0 Å². The second kappa shape index (κ2) is 10.5. The lowest BCUT2D eigenvalue weighted by Crippen LogP contribution is -2.05. The zero-order valence-corrected chi connectivity index (χ0v) is 27.1. The minimum absolute atomic E-state index is 0.588. The van der Waals surface area contributed by atoms with E-state index in [1.54, 1.807) is 0 Å². The number of rotatable bonds is 3. The van der Waals surface area contributed by atoms with E-state index in [1.807, 2.05) is 19.1 Å². The summed E-state index contributed by atoms with van der Waals surface area (Å²) in [5, 5.41) is 25.7. The molecule has 47 heavy (non-hydrogen) atoms. The van der Waals surface area contributed by atoms with Gasteiger partial charge in [-0.15, -0.1) is 0 Å². The number of nitrogens with zero attached hydrogens (tertiary/aromatic N) is 4. The van der Waals surface area contributed by atoms with Gasteiger partial charge in [0.1, 0.15) is 11.6 Å². The second-order valence-corrected chi connectivity index (χ2v) is 13.0. The highest BCUT2D eigenvalue weighted by Gasteiger charge is 2.23. The van der Waals surface area contributed by atoms with Crippen molar-refractivity contribution in [2.24, 2.45) is 0 Å².